The second kappa shape index (κ2) is 5.98. The van der Waals surface area contributed by atoms with Crippen LogP contribution in [0.5, 0.6) is 0 Å². The molecular weight excluding hydrogens is 307 g/mol. The first-order chi connectivity index (χ1) is 11.0. The molecule has 0 saturated heterocycles. The molecule has 4 nitrogen and oxygen atoms in total. The summed E-state index contributed by atoms with van der Waals surface area (Å²) < 4.78 is 39.3. The minimum absolute atomic E-state index is 0.121. The number of fused-ring (bicyclic) bond motifs is 1. The molecule has 23 heavy (non-hydrogen) atoms. The van der Waals surface area contributed by atoms with Gasteiger partial charge in [0, 0.05) is 11.4 Å². The van der Waals surface area contributed by atoms with Gasteiger partial charge in [0.2, 0.25) is 0 Å². The third-order valence-electron chi connectivity index (χ3n) is 3.96. The molecule has 0 saturated carbocycles. The summed E-state index contributed by atoms with van der Waals surface area (Å²) in [6, 6.07) is 5.91. The van der Waals surface area contributed by atoms with Crippen molar-refractivity contribution in [1.29, 1.82) is 0 Å². The number of halogens is 3. The predicted octanol–water partition coefficient (Wildman–Crippen LogP) is 3.26. The van der Waals surface area contributed by atoms with Crippen LogP contribution in [-0.4, -0.2) is 28.3 Å². The summed E-state index contributed by atoms with van der Waals surface area (Å²) in [6.07, 6.45) is 0.136. The number of hydrogen-bond acceptors (Lipinski definition) is 3. The van der Waals surface area contributed by atoms with Crippen LogP contribution in [0.4, 0.5) is 13.2 Å². The first-order valence-corrected chi connectivity index (χ1v) is 7.20. The second-order valence-corrected chi connectivity index (χ2v) is 5.45. The number of nitrogens with one attached hydrogen (secondary N) is 1. The summed E-state index contributed by atoms with van der Waals surface area (Å²) >= 11 is 0. The van der Waals surface area contributed by atoms with Crippen LogP contribution < -0.4 is 5.32 Å². The largest absolute Gasteiger partial charge is 0.394 e. The fourth-order valence-corrected chi connectivity index (χ4v) is 2.77. The van der Waals surface area contributed by atoms with Gasteiger partial charge in [-0.2, -0.15) is 23.4 Å². The maximum Gasteiger partial charge on any atom is 0.394 e. The number of aromatic nitrogens is 2. The molecule has 0 fully saturated rings. The van der Waals surface area contributed by atoms with Crippen molar-refractivity contribution < 1.29 is 18.0 Å². The quantitative estimate of drug-likeness (QED) is 0.864. The van der Waals surface area contributed by atoms with Crippen molar-refractivity contribution in [2.24, 2.45) is 5.92 Å². The number of allylic oxidation sites excluding steroid dienone is 1. The van der Waals surface area contributed by atoms with E-state index in [0.29, 0.717) is 10.9 Å². The third kappa shape index (κ3) is 3.18. The lowest BCUT2D eigenvalue weighted by molar-refractivity contribution is -0.181. The molecule has 0 radical (unpaired) electrons. The van der Waals surface area contributed by atoms with Gasteiger partial charge in [0.25, 0.3) is 5.91 Å². The fraction of sp³-hybridized carbons (Fsp3) is 0.312. The van der Waals surface area contributed by atoms with Gasteiger partial charge in [0.1, 0.15) is 0 Å². The molecule has 1 aromatic heterocycles. The van der Waals surface area contributed by atoms with Gasteiger partial charge in [0.15, 0.2) is 0 Å². The van der Waals surface area contributed by atoms with Crippen molar-refractivity contribution in [3.63, 3.8) is 0 Å². The average Bonchev–Trinajstić information content (AvgIpc) is 2.54. The molecule has 0 spiro atoms. The summed E-state index contributed by atoms with van der Waals surface area (Å²) in [5.41, 5.74) is 0.752. The van der Waals surface area contributed by atoms with Gasteiger partial charge in [0.05, 0.1) is 23.2 Å². The van der Waals surface area contributed by atoms with E-state index in [1.165, 1.54) is 12.3 Å². The standard InChI is InChI=1S/C16H14F3N3O/c17-16(18,19)12-6-2-4-8-14(12)21-15(23)11-9-20-22-13-7-3-1-5-10(11)13/h1-5,7,9,12,14H,6,8H2,(H,21,23). The minimum atomic E-state index is -4.35. The average molecular weight is 321 g/mol. The molecule has 7 heteroatoms. The van der Waals surface area contributed by atoms with Gasteiger partial charge in [-0.1, -0.05) is 30.4 Å². The van der Waals surface area contributed by atoms with E-state index in [4.69, 9.17) is 0 Å². The van der Waals surface area contributed by atoms with E-state index in [2.05, 4.69) is 15.5 Å². The van der Waals surface area contributed by atoms with Crippen LogP contribution in [0.3, 0.4) is 0 Å². The fourth-order valence-electron chi connectivity index (χ4n) is 2.77. The zero-order chi connectivity index (χ0) is 16.4. The molecule has 120 valence electrons. The van der Waals surface area contributed by atoms with Gasteiger partial charge < -0.3 is 5.32 Å². The normalized spacial score (nSPS) is 21.3. The van der Waals surface area contributed by atoms with Crippen LogP contribution >= 0.6 is 0 Å². The van der Waals surface area contributed by atoms with E-state index in [-0.39, 0.29) is 18.4 Å². The SMILES string of the molecule is O=C(NC1CC=CCC1C(F)(F)F)c1cnnc2ccccc12. The first kappa shape index (κ1) is 15.5. The molecule has 1 N–H and O–H groups in total. The van der Waals surface area contributed by atoms with E-state index < -0.39 is 24.0 Å². The van der Waals surface area contributed by atoms with Crippen molar-refractivity contribution in [2.75, 3.05) is 0 Å². The number of carbonyl (C=O) groups excluding carboxylic acids is 1. The highest BCUT2D eigenvalue weighted by molar-refractivity contribution is 6.05. The van der Waals surface area contributed by atoms with E-state index in [1.807, 2.05) is 0 Å². The van der Waals surface area contributed by atoms with Gasteiger partial charge in [-0.15, -0.1) is 0 Å². The Morgan fingerprint density at radius 3 is 2.70 bits per heavy atom. The van der Waals surface area contributed by atoms with Gasteiger partial charge >= 0.3 is 6.18 Å². The summed E-state index contributed by atoms with van der Waals surface area (Å²) in [7, 11) is 0. The first-order valence-electron chi connectivity index (χ1n) is 7.20. The third-order valence-corrected chi connectivity index (χ3v) is 3.96. The van der Waals surface area contributed by atoms with Crippen LogP contribution in [0.15, 0.2) is 42.6 Å². The molecule has 1 aliphatic carbocycles. The molecular formula is C16H14F3N3O. The lowest BCUT2D eigenvalue weighted by atomic mass is 9.88. The number of rotatable bonds is 2. The lowest BCUT2D eigenvalue weighted by Gasteiger charge is -2.30. The number of carbonyl (C=O) groups is 1. The zero-order valence-corrected chi connectivity index (χ0v) is 12.0. The van der Waals surface area contributed by atoms with Crippen LogP contribution in [0.25, 0.3) is 10.9 Å². The van der Waals surface area contributed by atoms with E-state index in [9.17, 15) is 18.0 Å². The Hall–Kier alpha value is -2.44. The molecule has 3 rings (SSSR count). The van der Waals surface area contributed by atoms with Crippen LogP contribution in [0, 0.1) is 5.92 Å². The molecule has 0 aliphatic heterocycles. The van der Waals surface area contributed by atoms with Crippen molar-refractivity contribution in [2.45, 2.75) is 25.1 Å². The second-order valence-electron chi connectivity index (χ2n) is 5.45. The number of benzene rings is 1. The topological polar surface area (TPSA) is 54.9 Å². The molecule has 2 aromatic rings. The monoisotopic (exact) mass is 321 g/mol. The van der Waals surface area contributed by atoms with E-state index >= 15 is 0 Å². The van der Waals surface area contributed by atoms with Crippen LogP contribution in [0.1, 0.15) is 23.2 Å². The Kier molecular flexibility index (Phi) is 4.02. The summed E-state index contributed by atoms with van der Waals surface area (Å²) in [5.74, 6) is -2.14. The Morgan fingerprint density at radius 2 is 1.91 bits per heavy atom. The van der Waals surface area contributed by atoms with Crippen molar-refractivity contribution in [3.05, 3.63) is 48.2 Å². The highest BCUT2D eigenvalue weighted by atomic mass is 19.4. The molecule has 1 heterocycles. The summed E-state index contributed by atoms with van der Waals surface area (Å²) in [5, 5.41) is 10.7. The van der Waals surface area contributed by atoms with Crippen molar-refractivity contribution in [1.82, 2.24) is 15.5 Å². The Balaban J connectivity index is 1.87. The van der Waals surface area contributed by atoms with Crippen LogP contribution in [-0.2, 0) is 0 Å². The molecule has 1 aliphatic rings. The number of nitrogens with zero attached hydrogens (tertiary/aromatic N) is 2. The maximum atomic E-state index is 13.1. The highest BCUT2D eigenvalue weighted by Crippen LogP contribution is 2.35. The Morgan fingerprint density at radius 1 is 1.17 bits per heavy atom. The number of alkyl halides is 3. The Bertz CT molecular complexity index is 752. The smallest absolute Gasteiger partial charge is 0.348 e. The molecule has 1 amide bonds. The van der Waals surface area contributed by atoms with E-state index in [1.54, 1.807) is 30.3 Å². The maximum absolute atomic E-state index is 13.1. The van der Waals surface area contributed by atoms with Gasteiger partial charge in [-0.3, -0.25) is 4.79 Å². The number of amides is 1. The minimum Gasteiger partial charge on any atom is -0.348 e. The lowest BCUT2D eigenvalue weighted by Crippen LogP contribution is -2.46. The predicted molar refractivity (Wildman–Crippen MR) is 78.7 cm³/mol. The van der Waals surface area contributed by atoms with Crippen LogP contribution in [0.2, 0.25) is 0 Å². The summed E-state index contributed by atoms with van der Waals surface area (Å²) in [4.78, 5) is 12.4. The Labute approximate surface area is 130 Å². The number of hydrogen-bond donors (Lipinski definition) is 1. The highest BCUT2D eigenvalue weighted by Gasteiger charge is 2.45. The molecule has 1 aromatic carbocycles. The van der Waals surface area contributed by atoms with Gasteiger partial charge in [-0.05, 0) is 18.9 Å². The molecule has 2 atom stereocenters. The van der Waals surface area contributed by atoms with E-state index in [0.717, 1.165) is 0 Å². The van der Waals surface area contributed by atoms with Gasteiger partial charge in [-0.25, -0.2) is 0 Å². The zero-order valence-electron chi connectivity index (χ0n) is 12.0. The molecule has 2 unspecified atom stereocenters. The molecule has 0 bridgehead atoms. The summed E-state index contributed by atoms with van der Waals surface area (Å²) in [6.45, 7) is 0. The van der Waals surface area contributed by atoms with Crippen molar-refractivity contribution in [3.8, 4) is 0 Å². The van der Waals surface area contributed by atoms with Crippen molar-refractivity contribution >= 4 is 16.8 Å².